The van der Waals surface area contributed by atoms with Crippen molar-refractivity contribution in [1.82, 2.24) is 9.88 Å². The Bertz CT molecular complexity index is 1380. The molecule has 4 rings (SSSR count). The molecule has 0 aliphatic rings. The molecule has 0 saturated heterocycles. The second-order valence-electron chi connectivity index (χ2n) is 7.73. The first-order chi connectivity index (χ1) is 15.9. The highest BCUT2D eigenvalue weighted by molar-refractivity contribution is 7.93. The number of amides is 1. The summed E-state index contributed by atoms with van der Waals surface area (Å²) in [5, 5.41) is 0.720. The molecular formula is C26H25N3O3S. The van der Waals surface area contributed by atoms with Crippen molar-refractivity contribution in [3.05, 3.63) is 102 Å². The van der Waals surface area contributed by atoms with Crippen molar-refractivity contribution in [2.24, 2.45) is 0 Å². The lowest BCUT2D eigenvalue weighted by molar-refractivity contribution is 0.0727. The number of rotatable bonds is 7. The molecule has 0 spiro atoms. The van der Waals surface area contributed by atoms with Gasteiger partial charge in [0, 0.05) is 18.6 Å². The van der Waals surface area contributed by atoms with Crippen molar-refractivity contribution < 1.29 is 13.2 Å². The lowest BCUT2D eigenvalue weighted by Crippen LogP contribution is -2.31. The molecule has 0 aliphatic carbocycles. The van der Waals surface area contributed by atoms with E-state index in [9.17, 15) is 13.2 Å². The van der Waals surface area contributed by atoms with Crippen molar-refractivity contribution in [2.75, 3.05) is 11.8 Å². The maximum atomic E-state index is 13.5. The Morgan fingerprint density at radius 3 is 2.39 bits per heavy atom. The Labute approximate surface area is 194 Å². The number of nitrogens with one attached hydrogen (secondary N) is 1. The summed E-state index contributed by atoms with van der Waals surface area (Å²) < 4.78 is 29.2. The number of anilines is 1. The summed E-state index contributed by atoms with van der Waals surface area (Å²) >= 11 is 0. The standard InChI is InChI=1S/C26H25N3O3S/c1-3-23(19-11-5-4-6-12-19)29(2)26(30)21-15-7-8-16-22(21)28-33(31,32)24-17-9-13-20-14-10-18-27-25(20)24/h4-18,23,28H,3H2,1-2H3. The van der Waals surface area contributed by atoms with Crippen LogP contribution in [0.1, 0.15) is 35.3 Å². The molecule has 4 aromatic rings. The number of carbonyl (C=O) groups excluding carboxylic acids is 1. The number of benzene rings is 3. The van der Waals surface area contributed by atoms with Gasteiger partial charge in [0.25, 0.3) is 15.9 Å². The Morgan fingerprint density at radius 1 is 0.939 bits per heavy atom. The van der Waals surface area contributed by atoms with Crippen molar-refractivity contribution in [2.45, 2.75) is 24.3 Å². The highest BCUT2D eigenvalue weighted by Crippen LogP contribution is 2.28. The van der Waals surface area contributed by atoms with Gasteiger partial charge in [0.1, 0.15) is 4.90 Å². The van der Waals surface area contributed by atoms with Gasteiger partial charge in [-0.3, -0.25) is 14.5 Å². The summed E-state index contributed by atoms with van der Waals surface area (Å²) in [6.45, 7) is 2.02. The molecule has 1 aromatic heterocycles. The molecule has 1 amide bonds. The fourth-order valence-electron chi connectivity index (χ4n) is 3.99. The highest BCUT2D eigenvalue weighted by atomic mass is 32.2. The van der Waals surface area contributed by atoms with Crippen LogP contribution < -0.4 is 4.72 Å². The van der Waals surface area contributed by atoms with E-state index in [-0.39, 0.29) is 28.1 Å². The molecule has 7 heteroatoms. The lowest BCUT2D eigenvalue weighted by Gasteiger charge is -2.28. The van der Waals surface area contributed by atoms with Crippen LogP contribution in [0.25, 0.3) is 10.9 Å². The number of para-hydroxylation sites is 2. The Hall–Kier alpha value is -3.71. The van der Waals surface area contributed by atoms with Crippen LogP contribution in [0, 0.1) is 0 Å². The van der Waals surface area contributed by atoms with Gasteiger partial charge in [0.2, 0.25) is 0 Å². The lowest BCUT2D eigenvalue weighted by atomic mass is 10.0. The average Bonchev–Trinajstić information content (AvgIpc) is 2.84. The maximum Gasteiger partial charge on any atom is 0.264 e. The van der Waals surface area contributed by atoms with Crippen molar-refractivity contribution in [3.8, 4) is 0 Å². The highest BCUT2D eigenvalue weighted by Gasteiger charge is 2.25. The number of pyridine rings is 1. The van der Waals surface area contributed by atoms with Crippen LogP contribution in [-0.2, 0) is 10.0 Å². The third-order valence-corrected chi connectivity index (χ3v) is 7.04. The van der Waals surface area contributed by atoms with E-state index in [1.54, 1.807) is 54.5 Å². The average molecular weight is 460 g/mol. The summed E-state index contributed by atoms with van der Waals surface area (Å²) in [5.74, 6) is -0.264. The van der Waals surface area contributed by atoms with Gasteiger partial charge < -0.3 is 4.90 Å². The first kappa shape index (κ1) is 22.5. The molecule has 1 N–H and O–H groups in total. The van der Waals surface area contributed by atoms with Crippen LogP contribution in [0.3, 0.4) is 0 Å². The van der Waals surface area contributed by atoms with Gasteiger partial charge in [-0.25, -0.2) is 8.42 Å². The zero-order valence-corrected chi connectivity index (χ0v) is 19.3. The quantitative estimate of drug-likeness (QED) is 0.409. The Morgan fingerprint density at radius 2 is 1.64 bits per heavy atom. The van der Waals surface area contributed by atoms with E-state index >= 15 is 0 Å². The summed E-state index contributed by atoms with van der Waals surface area (Å²) in [7, 11) is -2.24. The second kappa shape index (κ2) is 9.42. The smallest absolute Gasteiger partial charge is 0.264 e. The van der Waals surface area contributed by atoms with Crippen molar-refractivity contribution >= 4 is 32.5 Å². The van der Waals surface area contributed by atoms with Gasteiger partial charge >= 0.3 is 0 Å². The van der Waals surface area contributed by atoms with Gasteiger partial charge in [-0.15, -0.1) is 0 Å². The number of aromatic nitrogens is 1. The number of carbonyl (C=O) groups is 1. The zero-order valence-electron chi connectivity index (χ0n) is 18.5. The first-order valence-corrected chi connectivity index (χ1v) is 12.2. The topological polar surface area (TPSA) is 79.4 Å². The van der Waals surface area contributed by atoms with E-state index in [2.05, 4.69) is 9.71 Å². The third-order valence-electron chi connectivity index (χ3n) is 5.65. The Kier molecular flexibility index (Phi) is 6.42. The van der Waals surface area contributed by atoms with Gasteiger partial charge in [0.05, 0.1) is 22.8 Å². The summed E-state index contributed by atoms with van der Waals surface area (Å²) in [5.41, 5.74) is 1.91. The van der Waals surface area contributed by atoms with E-state index in [0.717, 1.165) is 17.4 Å². The molecule has 0 radical (unpaired) electrons. The number of sulfonamides is 1. The summed E-state index contributed by atoms with van der Waals surface area (Å²) in [4.78, 5) is 19.4. The molecule has 0 bridgehead atoms. The van der Waals surface area contributed by atoms with Gasteiger partial charge in [-0.2, -0.15) is 0 Å². The van der Waals surface area contributed by atoms with E-state index in [1.807, 2.05) is 49.4 Å². The van der Waals surface area contributed by atoms with E-state index < -0.39 is 10.0 Å². The predicted molar refractivity (Wildman–Crippen MR) is 131 cm³/mol. The van der Waals surface area contributed by atoms with Crippen LogP contribution in [-0.4, -0.2) is 31.3 Å². The predicted octanol–water partition coefficient (Wildman–Crippen LogP) is 5.26. The molecule has 3 aromatic carbocycles. The monoisotopic (exact) mass is 459 g/mol. The zero-order chi connectivity index (χ0) is 23.4. The fraction of sp³-hybridized carbons (Fsp3) is 0.154. The SMILES string of the molecule is CCC(c1ccccc1)N(C)C(=O)c1ccccc1NS(=O)(=O)c1cccc2cccnc12. The molecule has 1 heterocycles. The van der Waals surface area contributed by atoms with Crippen LogP contribution in [0.5, 0.6) is 0 Å². The Balaban J connectivity index is 1.68. The van der Waals surface area contributed by atoms with Crippen LogP contribution in [0.15, 0.2) is 96.0 Å². The summed E-state index contributed by atoms with van der Waals surface area (Å²) in [6, 6.07) is 24.9. The molecule has 168 valence electrons. The first-order valence-electron chi connectivity index (χ1n) is 10.7. The van der Waals surface area contributed by atoms with Gasteiger partial charge in [-0.05, 0) is 36.2 Å². The molecule has 0 saturated carbocycles. The number of hydrogen-bond acceptors (Lipinski definition) is 4. The van der Waals surface area contributed by atoms with Gasteiger partial charge in [-0.1, -0.05) is 67.6 Å². The normalized spacial score (nSPS) is 12.3. The van der Waals surface area contributed by atoms with E-state index in [0.29, 0.717) is 5.52 Å². The number of fused-ring (bicyclic) bond motifs is 1. The fourth-order valence-corrected chi connectivity index (χ4v) is 5.25. The molecule has 1 unspecified atom stereocenters. The van der Waals surface area contributed by atoms with E-state index in [4.69, 9.17) is 0 Å². The van der Waals surface area contributed by atoms with Crippen molar-refractivity contribution in [1.29, 1.82) is 0 Å². The van der Waals surface area contributed by atoms with Crippen LogP contribution >= 0.6 is 0 Å². The number of nitrogens with zero attached hydrogens (tertiary/aromatic N) is 2. The van der Waals surface area contributed by atoms with Crippen molar-refractivity contribution in [3.63, 3.8) is 0 Å². The van der Waals surface area contributed by atoms with Crippen LogP contribution in [0.2, 0.25) is 0 Å². The molecule has 0 fully saturated rings. The molecule has 0 aliphatic heterocycles. The molecule has 1 atom stereocenters. The molecular weight excluding hydrogens is 434 g/mol. The number of hydrogen-bond donors (Lipinski definition) is 1. The molecule has 6 nitrogen and oxygen atoms in total. The van der Waals surface area contributed by atoms with Gasteiger partial charge in [0.15, 0.2) is 0 Å². The minimum Gasteiger partial charge on any atom is -0.335 e. The van der Waals surface area contributed by atoms with Crippen LogP contribution in [0.4, 0.5) is 5.69 Å². The van der Waals surface area contributed by atoms with E-state index in [1.165, 1.54) is 6.07 Å². The largest absolute Gasteiger partial charge is 0.335 e. The second-order valence-corrected chi connectivity index (χ2v) is 9.38. The minimum atomic E-state index is -3.98. The minimum absolute atomic E-state index is 0.0620. The maximum absolute atomic E-state index is 13.5. The summed E-state index contributed by atoms with van der Waals surface area (Å²) in [6.07, 6.45) is 2.28. The third kappa shape index (κ3) is 4.59. The molecule has 33 heavy (non-hydrogen) atoms.